The van der Waals surface area contributed by atoms with Gasteiger partial charge in [-0.05, 0) is 57.8 Å². The average molecular weight is 846 g/mol. The van der Waals surface area contributed by atoms with E-state index in [1.807, 2.05) is 6.08 Å². The Labute approximate surface area is 373 Å². The van der Waals surface area contributed by atoms with E-state index in [9.17, 15) is 19.8 Å². The van der Waals surface area contributed by atoms with Crippen LogP contribution in [-0.4, -0.2) is 47.4 Å². The summed E-state index contributed by atoms with van der Waals surface area (Å²) >= 11 is 0. The third-order valence-electron chi connectivity index (χ3n) is 12.2. The van der Waals surface area contributed by atoms with E-state index in [0.29, 0.717) is 19.4 Å². The highest BCUT2D eigenvalue weighted by molar-refractivity contribution is 5.76. The number of carbonyl (C=O) groups excluding carboxylic acids is 2. The number of ether oxygens (including phenoxy) is 1. The molecule has 0 rings (SSSR count). The van der Waals surface area contributed by atoms with Crippen molar-refractivity contribution in [2.24, 2.45) is 0 Å². The second-order valence-corrected chi connectivity index (χ2v) is 18.2. The molecule has 354 valence electrons. The highest BCUT2D eigenvalue weighted by Gasteiger charge is 2.18. The maximum atomic E-state index is 12.4. The van der Waals surface area contributed by atoms with Gasteiger partial charge in [0.05, 0.1) is 25.4 Å². The maximum absolute atomic E-state index is 12.4. The smallest absolute Gasteiger partial charge is 0.305 e. The molecule has 0 aromatic rings. The summed E-state index contributed by atoms with van der Waals surface area (Å²) < 4.78 is 5.45. The van der Waals surface area contributed by atoms with E-state index in [2.05, 4.69) is 31.3 Å². The summed E-state index contributed by atoms with van der Waals surface area (Å²) in [5, 5.41) is 23.1. The molecule has 0 aromatic heterocycles. The molecule has 0 aromatic carbocycles. The number of amides is 1. The summed E-state index contributed by atoms with van der Waals surface area (Å²) in [6, 6.07) is -0.634. The minimum Gasteiger partial charge on any atom is -0.466 e. The van der Waals surface area contributed by atoms with Gasteiger partial charge in [0.25, 0.3) is 0 Å². The van der Waals surface area contributed by atoms with Crippen LogP contribution in [0.15, 0.2) is 24.3 Å². The van der Waals surface area contributed by atoms with Crippen molar-refractivity contribution in [2.75, 3.05) is 13.2 Å². The Morgan fingerprint density at radius 1 is 0.450 bits per heavy atom. The average Bonchev–Trinajstić information content (AvgIpc) is 3.25. The molecule has 0 saturated carbocycles. The molecule has 2 atom stereocenters. The van der Waals surface area contributed by atoms with Crippen LogP contribution >= 0.6 is 0 Å². The SMILES string of the molecule is CCCCC/C=C\CCCCCCCC(=O)OCCCCCCCCCCCCCCCCCC(=O)NC(CO)C(O)/C=C/CCCCCCCCCCCCCCCC. The predicted octanol–water partition coefficient (Wildman–Crippen LogP) is 15.9. The second-order valence-electron chi connectivity index (χ2n) is 18.2. The lowest BCUT2D eigenvalue weighted by Crippen LogP contribution is -2.45. The molecule has 0 bridgehead atoms. The van der Waals surface area contributed by atoms with Gasteiger partial charge < -0.3 is 20.3 Å². The van der Waals surface area contributed by atoms with Crippen molar-refractivity contribution in [1.82, 2.24) is 5.32 Å². The number of nitrogens with one attached hydrogen (secondary N) is 1. The maximum Gasteiger partial charge on any atom is 0.305 e. The number of esters is 1. The molecule has 60 heavy (non-hydrogen) atoms. The van der Waals surface area contributed by atoms with Gasteiger partial charge in [0.1, 0.15) is 0 Å². The lowest BCUT2D eigenvalue weighted by atomic mass is 10.0. The standard InChI is InChI=1S/C54H103NO5/c1-3-5-7-9-11-13-15-17-18-20-23-26-30-34-38-42-46-52(57)51(50-56)55-53(58)47-43-39-35-31-27-24-21-19-22-25-29-33-37-41-45-49-60-54(59)48-44-40-36-32-28-16-14-12-10-8-6-4-2/h12,14,42,46,51-52,56-57H,3-11,13,15-41,43-45,47-50H2,1-2H3,(H,55,58)/b14-12-,46-42+. The van der Waals surface area contributed by atoms with Crippen LogP contribution in [0.2, 0.25) is 0 Å². The summed E-state index contributed by atoms with van der Waals surface area (Å²) in [7, 11) is 0. The zero-order valence-electron chi connectivity index (χ0n) is 40.2. The first kappa shape index (κ1) is 58.3. The van der Waals surface area contributed by atoms with Gasteiger partial charge in [0.2, 0.25) is 5.91 Å². The number of rotatable bonds is 49. The Kier molecular flexibility index (Phi) is 48.6. The first-order chi connectivity index (χ1) is 29.5. The number of unbranched alkanes of at least 4 members (excludes halogenated alkanes) is 36. The molecule has 0 fully saturated rings. The first-order valence-corrected chi connectivity index (χ1v) is 26.6. The van der Waals surface area contributed by atoms with Crippen molar-refractivity contribution >= 4 is 11.9 Å². The summed E-state index contributed by atoms with van der Waals surface area (Å²) in [5.74, 6) is -0.0865. The van der Waals surface area contributed by atoms with Gasteiger partial charge in [-0.25, -0.2) is 0 Å². The minimum atomic E-state index is -0.850. The van der Waals surface area contributed by atoms with Gasteiger partial charge in [0.15, 0.2) is 0 Å². The number of hydrogen-bond acceptors (Lipinski definition) is 5. The second kappa shape index (κ2) is 50.0. The van der Waals surface area contributed by atoms with E-state index in [1.54, 1.807) is 6.08 Å². The Hall–Kier alpha value is -1.66. The fraction of sp³-hybridized carbons (Fsp3) is 0.889. The monoisotopic (exact) mass is 846 g/mol. The molecule has 2 unspecified atom stereocenters. The number of allylic oxidation sites excluding steroid dienone is 3. The van der Waals surface area contributed by atoms with E-state index < -0.39 is 12.1 Å². The molecule has 0 heterocycles. The molecular formula is C54H103NO5. The van der Waals surface area contributed by atoms with Crippen molar-refractivity contribution in [2.45, 2.75) is 296 Å². The molecule has 0 spiro atoms. The van der Waals surface area contributed by atoms with Gasteiger partial charge in [-0.3, -0.25) is 9.59 Å². The normalized spacial score (nSPS) is 12.8. The molecule has 0 radical (unpaired) electrons. The Balaban J connectivity index is 3.48. The van der Waals surface area contributed by atoms with Crippen molar-refractivity contribution in [3.05, 3.63) is 24.3 Å². The topological polar surface area (TPSA) is 95.9 Å². The zero-order valence-corrected chi connectivity index (χ0v) is 40.2. The van der Waals surface area contributed by atoms with Crippen molar-refractivity contribution in [3.63, 3.8) is 0 Å². The van der Waals surface area contributed by atoms with Crippen LogP contribution in [0.4, 0.5) is 0 Å². The highest BCUT2D eigenvalue weighted by atomic mass is 16.5. The molecule has 0 aliphatic rings. The quantitative estimate of drug-likeness (QED) is 0.0322. The third-order valence-corrected chi connectivity index (χ3v) is 12.2. The molecule has 6 nitrogen and oxygen atoms in total. The number of aliphatic hydroxyl groups is 2. The van der Waals surface area contributed by atoms with E-state index in [0.717, 1.165) is 57.8 Å². The Morgan fingerprint density at radius 2 is 0.783 bits per heavy atom. The van der Waals surface area contributed by atoms with Gasteiger partial charge >= 0.3 is 5.97 Å². The molecule has 6 heteroatoms. The highest BCUT2D eigenvalue weighted by Crippen LogP contribution is 2.16. The molecule has 3 N–H and O–H groups in total. The number of aliphatic hydroxyl groups excluding tert-OH is 2. The van der Waals surface area contributed by atoms with Crippen molar-refractivity contribution in [1.29, 1.82) is 0 Å². The predicted molar refractivity (Wildman–Crippen MR) is 260 cm³/mol. The van der Waals surface area contributed by atoms with Gasteiger partial charge in [-0.1, -0.05) is 237 Å². The molecule has 0 aliphatic heterocycles. The lowest BCUT2D eigenvalue weighted by Gasteiger charge is -2.20. The summed E-state index contributed by atoms with van der Waals surface area (Å²) in [6.45, 7) is 4.86. The van der Waals surface area contributed by atoms with Crippen molar-refractivity contribution in [3.8, 4) is 0 Å². The van der Waals surface area contributed by atoms with E-state index >= 15 is 0 Å². The summed E-state index contributed by atoms with van der Waals surface area (Å²) in [6.07, 6.45) is 58.9. The number of carbonyl (C=O) groups is 2. The Bertz CT molecular complexity index is 935. The van der Waals surface area contributed by atoms with Gasteiger partial charge in [-0.15, -0.1) is 0 Å². The molecule has 0 saturated heterocycles. The summed E-state index contributed by atoms with van der Waals surface area (Å²) in [4.78, 5) is 24.4. The first-order valence-electron chi connectivity index (χ1n) is 26.6. The zero-order chi connectivity index (χ0) is 43.7. The largest absolute Gasteiger partial charge is 0.466 e. The molecule has 0 aliphatic carbocycles. The van der Waals surface area contributed by atoms with Crippen LogP contribution in [0.5, 0.6) is 0 Å². The van der Waals surface area contributed by atoms with Crippen molar-refractivity contribution < 1.29 is 24.5 Å². The Morgan fingerprint density at radius 3 is 1.22 bits per heavy atom. The van der Waals surface area contributed by atoms with E-state index in [1.165, 1.54) is 199 Å². The van der Waals surface area contributed by atoms with Gasteiger partial charge in [0, 0.05) is 12.8 Å². The van der Waals surface area contributed by atoms with Crippen LogP contribution in [0.3, 0.4) is 0 Å². The van der Waals surface area contributed by atoms with E-state index in [-0.39, 0.29) is 18.5 Å². The fourth-order valence-corrected chi connectivity index (χ4v) is 8.10. The molecular weight excluding hydrogens is 743 g/mol. The minimum absolute atomic E-state index is 0.0107. The van der Waals surface area contributed by atoms with Gasteiger partial charge in [-0.2, -0.15) is 0 Å². The number of hydrogen-bond donors (Lipinski definition) is 3. The van der Waals surface area contributed by atoms with Crippen LogP contribution in [0.25, 0.3) is 0 Å². The van der Waals surface area contributed by atoms with Crippen LogP contribution < -0.4 is 5.32 Å². The fourth-order valence-electron chi connectivity index (χ4n) is 8.10. The third kappa shape index (κ3) is 45.9. The summed E-state index contributed by atoms with van der Waals surface area (Å²) in [5.41, 5.74) is 0. The van der Waals surface area contributed by atoms with Crippen LogP contribution in [0.1, 0.15) is 284 Å². The van der Waals surface area contributed by atoms with E-state index in [4.69, 9.17) is 4.74 Å². The van der Waals surface area contributed by atoms with Crippen LogP contribution in [0, 0.1) is 0 Å². The van der Waals surface area contributed by atoms with Crippen LogP contribution in [-0.2, 0) is 14.3 Å². The lowest BCUT2D eigenvalue weighted by molar-refractivity contribution is -0.143. The molecule has 1 amide bonds.